The summed E-state index contributed by atoms with van der Waals surface area (Å²) in [6.45, 7) is 3.64. The summed E-state index contributed by atoms with van der Waals surface area (Å²) in [5, 5.41) is 0. The van der Waals surface area contributed by atoms with Crippen molar-refractivity contribution in [3.8, 4) is 0 Å². The van der Waals surface area contributed by atoms with Gasteiger partial charge in [0.2, 0.25) is 0 Å². The van der Waals surface area contributed by atoms with Crippen molar-refractivity contribution in [2.75, 3.05) is 31.2 Å². The van der Waals surface area contributed by atoms with Gasteiger partial charge in [0.25, 0.3) is 0 Å². The van der Waals surface area contributed by atoms with Crippen LogP contribution in [-0.2, 0) is 11.2 Å². The quantitative estimate of drug-likeness (QED) is 0.852. The zero-order valence-corrected chi connectivity index (χ0v) is 14.4. The van der Waals surface area contributed by atoms with Crippen molar-refractivity contribution in [1.82, 2.24) is 9.97 Å². The average Bonchev–Trinajstić information content (AvgIpc) is 3.19. The van der Waals surface area contributed by atoms with Crippen LogP contribution in [0.25, 0.3) is 0 Å². The molecular formula is C20H24FN3O. The highest BCUT2D eigenvalue weighted by molar-refractivity contribution is 5.40. The van der Waals surface area contributed by atoms with E-state index in [0.29, 0.717) is 11.8 Å². The van der Waals surface area contributed by atoms with Crippen LogP contribution in [-0.4, -0.2) is 36.3 Å². The number of benzene rings is 1. The van der Waals surface area contributed by atoms with E-state index >= 15 is 0 Å². The summed E-state index contributed by atoms with van der Waals surface area (Å²) in [4.78, 5) is 11.3. The van der Waals surface area contributed by atoms with Crippen LogP contribution in [0.5, 0.6) is 0 Å². The molecule has 4 rings (SSSR count). The van der Waals surface area contributed by atoms with Crippen molar-refractivity contribution in [2.24, 2.45) is 5.92 Å². The number of anilines is 1. The first-order chi connectivity index (χ1) is 12.3. The molecule has 2 saturated heterocycles. The van der Waals surface area contributed by atoms with E-state index in [1.807, 2.05) is 12.1 Å². The standard InChI is InChI=1S/C20H24FN3O/c21-18-3-1-15(2-4-18)11-16-5-8-24(9-6-16)20-12-19(22-14-23-20)17-7-10-25-13-17/h1-4,12,14,16-17H,5-11,13H2. The van der Waals surface area contributed by atoms with Crippen LogP contribution in [0.15, 0.2) is 36.7 Å². The second-order valence-corrected chi connectivity index (χ2v) is 7.12. The number of ether oxygens (including phenoxy) is 1. The van der Waals surface area contributed by atoms with Gasteiger partial charge in [-0.1, -0.05) is 12.1 Å². The second kappa shape index (κ2) is 7.48. The molecule has 25 heavy (non-hydrogen) atoms. The highest BCUT2D eigenvalue weighted by Crippen LogP contribution is 2.28. The summed E-state index contributed by atoms with van der Waals surface area (Å²) in [5.74, 6) is 1.95. The Bertz CT molecular complexity index is 692. The minimum Gasteiger partial charge on any atom is -0.381 e. The van der Waals surface area contributed by atoms with Crippen molar-refractivity contribution in [2.45, 2.75) is 31.6 Å². The highest BCUT2D eigenvalue weighted by atomic mass is 19.1. The van der Waals surface area contributed by atoms with Crippen LogP contribution < -0.4 is 4.90 Å². The Morgan fingerprint density at radius 1 is 1.08 bits per heavy atom. The number of hydrogen-bond donors (Lipinski definition) is 0. The van der Waals surface area contributed by atoms with E-state index in [1.165, 1.54) is 5.56 Å². The molecule has 1 unspecified atom stereocenters. The van der Waals surface area contributed by atoms with E-state index in [2.05, 4.69) is 20.9 Å². The molecule has 2 aliphatic heterocycles. The molecule has 1 aromatic heterocycles. The van der Waals surface area contributed by atoms with Gasteiger partial charge in [-0.2, -0.15) is 0 Å². The first kappa shape index (κ1) is 16.5. The molecule has 0 radical (unpaired) electrons. The largest absolute Gasteiger partial charge is 0.381 e. The van der Waals surface area contributed by atoms with Crippen molar-refractivity contribution < 1.29 is 9.13 Å². The lowest BCUT2D eigenvalue weighted by Crippen LogP contribution is -2.35. The van der Waals surface area contributed by atoms with E-state index in [9.17, 15) is 4.39 Å². The number of nitrogens with zero attached hydrogens (tertiary/aromatic N) is 3. The fourth-order valence-electron chi connectivity index (χ4n) is 3.85. The van der Waals surface area contributed by atoms with Gasteiger partial charge in [-0.05, 0) is 49.3 Å². The number of halogens is 1. The second-order valence-electron chi connectivity index (χ2n) is 7.12. The van der Waals surface area contributed by atoms with Gasteiger partial charge in [0, 0.05) is 31.7 Å². The van der Waals surface area contributed by atoms with E-state index in [4.69, 9.17) is 4.74 Å². The topological polar surface area (TPSA) is 38.2 Å². The van der Waals surface area contributed by atoms with Crippen LogP contribution in [0.4, 0.5) is 10.2 Å². The third-order valence-corrected chi connectivity index (χ3v) is 5.40. The molecule has 3 heterocycles. The molecule has 1 atom stereocenters. The molecule has 0 amide bonds. The minimum absolute atomic E-state index is 0.161. The van der Waals surface area contributed by atoms with Gasteiger partial charge in [-0.3, -0.25) is 0 Å². The number of aromatic nitrogens is 2. The minimum atomic E-state index is -0.161. The maximum absolute atomic E-state index is 13.0. The highest BCUT2D eigenvalue weighted by Gasteiger charge is 2.23. The van der Waals surface area contributed by atoms with Crippen molar-refractivity contribution in [3.63, 3.8) is 0 Å². The molecule has 0 spiro atoms. The number of rotatable bonds is 4. The number of piperidine rings is 1. The van der Waals surface area contributed by atoms with Crippen LogP contribution in [0, 0.1) is 11.7 Å². The van der Waals surface area contributed by atoms with Gasteiger partial charge in [-0.15, -0.1) is 0 Å². The Morgan fingerprint density at radius 2 is 1.88 bits per heavy atom. The molecule has 4 nitrogen and oxygen atoms in total. The van der Waals surface area contributed by atoms with Gasteiger partial charge in [0.15, 0.2) is 0 Å². The lowest BCUT2D eigenvalue weighted by molar-refractivity contribution is 0.193. The molecule has 0 N–H and O–H groups in total. The molecule has 2 aromatic rings. The zero-order valence-electron chi connectivity index (χ0n) is 14.4. The monoisotopic (exact) mass is 341 g/mol. The maximum Gasteiger partial charge on any atom is 0.132 e. The molecule has 132 valence electrons. The summed E-state index contributed by atoms with van der Waals surface area (Å²) >= 11 is 0. The summed E-state index contributed by atoms with van der Waals surface area (Å²) in [6, 6.07) is 9.06. The third-order valence-electron chi connectivity index (χ3n) is 5.40. The van der Waals surface area contributed by atoms with Crippen LogP contribution >= 0.6 is 0 Å². The van der Waals surface area contributed by atoms with Crippen molar-refractivity contribution >= 4 is 5.82 Å². The summed E-state index contributed by atoms with van der Waals surface area (Å²) in [7, 11) is 0. The maximum atomic E-state index is 13.0. The predicted octanol–water partition coefficient (Wildman–Crippen LogP) is 3.58. The Kier molecular flexibility index (Phi) is 4.92. The molecule has 0 bridgehead atoms. The summed E-state index contributed by atoms with van der Waals surface area (Å²) in [6.07, 6.45) is 6.05. The normalized spacial score (nSPS) is 21.6. The Morgan fingerprint density at radius 3 is 2.60 bits per heavy atom. The molecule has 2 fully saturated rings. The smallest absolute Gasteiger partial charge is 0.132 e. The molecule has 5 heteroatoms. The first-order valence-electron chi connectivity index (χ1n) is 9.17. The SMILES string of the molecule is Fc1ccc(CC2CCN(c3cc(C4CCOC4)ncn3)CC2)cc1. The van der Waals surface area contributed by atoms with E-state index < -0.39 is 0 Å². The third kappa shape index (κ3) is 3.98. The van der Waals surface area contributed by atoms with Crippen LogP contribution in [0.3, 0.4) is 0 Å². The Hall–Kier alpha value is -2.01. The number of hydrogen-bond acceptors (Lipinski definition) is 4. The molecule has 0 aliphatic carbocycles. The van der Waals surface area contributed by atoms with E-state index in [1.54, 1.807) is 18.5 Å². The molecule has 2 aliphatic rings. The van der Waals surface area contributed by atoms with Gasteiger partial charge in [0.1, 0.15) is 18.0 Å². The zero-order chi connectivity index (χ0) is 17.1. The fourth-order valence-corrected chi connectivity index (χ4v) is 3.85. The lowest BCUT2D eigenvalue weighted by Gasteiger charge is -2.33. The van der Waals surface area contributed by atoms with E-state index in [0.717, 1.165) is 63.5 Å². The Balaban J connectivity index is 1.35. The first-order valence-corrected chi connectivity index (χ1v) is 9.17. The van der Waals surface area contributed by atoms with Gasteiger partial charge >= 0.3 is 0 Å². The van der Waals surface area contributed by atoms with Gasteiger partial charge < -0.3 is 9.64 Å². The van der Waals surface area contributed by atoms with Gasteiger partial charge in [0.05, 0.1) is 12.3 Å². The Labute approximate surface area is 148 Å². The van der Waals surface area contributed by atoms with Crippen molar-refractivity contribution in [1.29, 1.82) is 0 Å². The predicted molar refractivity (Wildman–Crippen MR) is 95.3 cm³/mol. The molecular weight excluding hydrogens is 317 g/mol. The molecule has 0 saturated carbocycles. The lowest BCUT2D eigenvalue weighted by atomic mass is 9.90. The fraction of sp³-hybridized carbons (Fsp3) is 0.500. The summed E-state index contributed by atoms with van der Waals surface area (Å²) in [5.41, 5.74) is 2.33. The van der Waals surface area contributed by atoms with Gasteiger partial charge in [-0.25, -0.2) is 14.4 Å². The summed E-state index contributed by atoms with van der Waals surface area (Å²) < 4.78 is 18.5. The average molecular weight is 341 g/mol. The van der Waals surface area contributed by atoms with E-state index in [-0.39, 0.29) is 5.82 Å². The van der Waals surface area contributed by atoms with Crippen molar-refractivity contribution in [3.05, 3.63) is 53.7 Å². The van der Waals surface area contributed by atoms with Crippen LogP contribution in [0.2, 0.25) is 0 Å². The van der Waals surface area contributed by atoms with Crippen LogP contribution in [0.1, 0.15) is 36.4 Å². The molecule has 1 aromatic carbocycles.